The number of hydrogen-bond donors (Lipinski definition) is 0. The van der Waals surface area contributed by atoms with Gasteiger partial charge in [0.25, 0.3) is 0 Å². The van der Waals surface area contributed by atoms with Crippen LogP contribution in [0.2, 0.25) is 0 Å². The lowest BCUT2D eigenvalue weighted by Crippen LogP contribution is -2.13. The Hall–Kier alpha value is -6.38. The molecule has 0 saturated heterocycles. The Morgan fingerprint density at radius 3 is 1.93 bits per heavy atom. The highest BCUT2D eigenvalue weighted by Crippen LogP contribution is 2.49. The summed E-state index contributed by atoms with van der Waals surface area (Å²) in [4.78, 5) is 2.48. The van der Waals surface area contributed by atoms with Gasteiger partial charge in [0.1, 0.15) is 11.2 Å². The van der Waals surface area contributed by atoms with Crippen molar-refractivity contribution >= 4 is 49.8 Å². The van der Waals surface area contributed by atoms with E-state index in [4.69, 9.17) is 4.42 Å². The van der Waals surface area contributed by atoms with Crippen molar-refractivity contribution in [3.8, 4) is 33.4 Å². The van der Waals surface area contributed by atoms with Crippen LogP contribution in [0.4, 0.5) is 17.1 Å². The lowest BCUT2D eigenvalue weighted by atomic mass is 9.80. The Bertz CT molecular complexity index is 2750. The van der Waals surface area contributed by atoms with Gasteiger partial charge in [-0.05, 0) is 99.8 Å². The SMILES string of the molecule is c1ccc(-c2ccc(N(c3ccc4oc5ccccc5c4c3)c3ccccc3-c3cccc4cccc(C5CCCCC5)c34)c(-c3ccccc3)c2)cc1. The van der Waals surface area contributed by atoms with Crippen molar-refractivity contribution in [2.24, 2.45) is 0 Å². The van der Waals surface area contributed by atoms with Gasteiger partial charge in [0, 0.05) is 27.6 Å². The number of furan rings is 1. The molecule has 10 rings (SSSR count). The Morgan fingerprint density at radius 2 is 1.09 bits per heavy atom. The van der Waals surface area contributed by atoms with Crippen LogP contribution in [0.3, 0.4) is 0 Å². The minimum atomic E-state index is 0.582. The van der Waals surface area contributed by atoms with Crippen molar-refractivity contribution in [1.29, 1.82) is 0 Å². The second-order valence-corrected chi connectivity index (χ2v) is 14.7. The van der Waals surface area contributed by atoms with Gasteiger partial charge in [0.2, 0.25) is 0 Å². The van der Waals surface area contributed by atoms with Gasteiger partial charge in [-0.15, -0.1) is 0 Å². The fourth-order valence-corrected chi connectivity index (χ4v) is 8.90. The molecule has 0 spiro atoms. The Kier molecular flexibility index (Phi) is 8.30. The first-order valence-corrected chi connectivity index (χ1v) is 19.4. The van der Waals surface area contributed by atoms with E-state index < -0.39 is 0 Å². The molecule has 0 atom stereocenters. The number of anilines is 3. The summed E-state index contributed by atoms with van der Waals surface area (Å²) in [6, 6.07) is 66.3. The van der Waals surface area contributed by atoms with Crippen molar-refractivity contribution < 1.29 is 4.42 Å². The van der Waals surface area contributed by atoms with Gasteiger partial charge in [0.15, 0.2) is 0 Å². The molecule has 0 N–H and O–H groups in total. The summed E-state index contributed by atoms with van der Waals surface area (Å²) in [5.74, 6) is 0.582. The molecule has 1 aromatic heterocycles. The monoisotopic (exact) mass is 695 g/mol. The zero-order valence-corrected chi connectivity index (χ0v) is 30.3. The predicted molar refractivity (Wildman–Crippen MR) is 228 cm³/mol. The van der Waals surface area contributed by atoms with E-state index in [1.165, 1.54) is 81.8 Å². The van der Waals surface area contributed by atoms with Gasteiger partial charge < -0.3 is 9.32 Å². The second kappa shape index (κ2) is 13.9. The molecule has 1 heterocycles. The molecule has 1 aliphatic rings. The van der Waals surface area contributed by atoms with Crippen LogP contribution < -0.4 is 4.90 Å². The molecule has 260 valence electrons. The van der Waals surface area contributed by atoms with Gasteiger partial charge >= 0.3 is 0 Å². The average Bonchev–Trinajstić information content (AvgIpc) is 3.63. The molecule has 0 amide bonds. The summed E-state index contributed by atoms with van der Waals surface area (Å²) in [6.07, 6.45) is 6.47. The van der Waals surface area contributed by atoms with E-state index in [9.17, 15) is 0 Å². The second-order valence-electron chi connectivity index (χ2n) is 14.7. The molecule has 1 fully saturated rings. The third-order valence-electron chi connectivity index (χ3n) is 11.5. The first-order valence-electron chi connectivity index (χ1n) is 19.4. The van der Waals surface area contributed by atoms with E-state index >= 15 is 0 Å². The van der Waals surface area contributed by atoms with Gasteiger partial charge in [-0.1, -0.05) is 159 Å². The number of benzene rings is 8. The first-order chi connectivity index (χ1) is 26.8. The molecule has 2 nitrogen and oxygen atoms in total. The van der Waals surface area contributed by atoms with Crippen LogP contribution in [0, 0.1) is 0 Å². The van der Waals surface area contributed by atoms with E-state index in [1.807, 2.05) is 6.07 Å². The normalized spacial score (nSPS) is 13.5. The van der Waals surface area contributed by atoms with E-state index in [1.54, 1.807) is 0 Å². The first kappa shape index (κ1) is 32.3. The number of hydrogen-bond acceptors (Lipinski definition) is 2. The largest absolute Gasteiger partial charge is 0.456 e. The summed E-state index contributed by atoms with van der Waals surface area (Å²) in [6.45, 7) is 0. The van der Waals surface area contributed by atoms with Crippen LogP contribution in [0.15, 0.2) is 186 Å². The lowest BCUT2D eigenvalue weighted by Gasteiger charge is -2.31. The van der Waals surface area contributed by atoms with Crippen LogP contribution in [0.5, 0.6) is 0 Å². The van der Waals surface area contributed by atoms with Crippen molar-refractivity contribution in [3.05, 3.63) is 188 Å². The molecule has 0 radical (unpaired) electrons. The highest BCUT2D eigenvalue weighted by Gasteiger charge is 2.25. The molecule has 1 aliphatic carbocycles. The third-order valence-corrected chi connectivity index (χ3v) is 11.5. The maximum absolute atomic E-state index is 6.35. The molecule has 0 bridgehead atoms. The number of fused-ring (bicyclic) bond motifs is 4. The average molecular weight is 696 g/mol. The van der Waals surface area contributed by atoms with E-state index in [-0.39, 0.29) is 0 Å². The van der Waals surface area contributed by atoms with Gasteiger partial charge in [-0.3, -0.25) is 0 Å². The topological polar surface area (TPSA) is 16.4 Å². The molecule has 54 heavy (non-hydrogen) atoms. The molecular formula is C52H41NO. The van der Waals surface area contributed by atoms with Crippen LogP contribution in [-0.2, 0) is 0 Å². The maximum atomic E-state index is 6.35. The molecule has 9 aromatic rings. The molecule has 8 aromatic carbocycles. The molecule has 1 saturated carbocycles. The molecular weight excluding hydrogens is 655 g/mol. The zero-order chi connectivity index (χ0) is 35.8. The zero-order valence-electron chi connectivity index (χ0n) is 30.3. The summed E-state index contributed by atoms with van der Waals surface area (Å²) in [7, 11) is 0. The fourth-order valence-electron chi connectivity index (χ4n) is 8.90. The van der Waals surface area contributed by atoms with E-state index in [2.05, 4.69) is 181 Å². The summed E-state index contributed by atoms with van der Waals surface area (Å²) >= 11 is 0. The van der Waals surface area contributed by atoms with Gasteiger partial charge in [0.05, 0.1) is 11.4 Å². The van der Waals surface area contributed by atoms with Gasteiger partial charge in [-0.2, -0.15) is 0 Å². The van der Waals surface area contributed by atoms with Crippen molar-refractivity contribution in [3.63, 3.8) is 0 Å². The Labute approximate surface area is 316 Å². The van der Waals surface area contributed by atoms with Crippen molar-refractivity contribution in [2.45, 2.75) is 38.0 Å². The number of para-hydroxylation sites is 2. The van der Waals surface area contributed by atoms with Crippen LogP contribution >= 0.6 is 0 Å². The van der Waals surface area contributed by atoms with Crippen LogP contribution in [0.1, 0.15) is 43.6 Å². The minimum absolute atomic E-state index is 0.582. The summed E-state index contributed by atoms with van der Waals surface area (Å²) in [5, 5.41) is 4.92. The van der Waals surface area contributed by atoms with Crippen molar-refractivity contribution in [2.75, 3.05) is 4.90 Å². The molecule has 0 unspecified atom stereocenters. The van der Waals surface area contributed by atoms with E-state index in [0.29, 0.717) is 5.92 Å². The van der Waals surface area contributed by atoms with Crippen molar-refractivity contribution in [1.82, 2.24) is 0 Å². The summed E-state index contributed by atoms with van der Waals surface area (Å²) in [5.41, 5.74) is 13.9. The Morgan fingerprint density at radius 1 is 0.426 bits per heavy atom. The van der Waals surface area contributed by atoms with Gasteiger partial charge in [-0.25, -0.2) is 0 Å². The number of nitrogens with zero attached hydrogens (tertiary/aromatic N) is 1. The Balaban J connectivity index is 1.25. The van der Waals surface area contributed by atoms with Crippen LogP contribution in [-0.4, -0.2) is 0 Å². The van der Waals surface area contributed by atoms with Crippen LogP contribution in [0.25, 0.3) is 66.1 Å². The highest BCUT2D eigenvalue weighted by atomic mass is 16.3. The standard InChI is InChI=1S/C52H41NO/c1-4-16-36(17-5-1)40-30-32-49(46(34-40)38-20-8-3-9-21-38)53(41-31-33-51-47(35-41)44-25-11-13-29-50(44)54-51)48-28-12-10-24-43(48)45-27-15-23-39-22-14-26-42(52(39)45)37-18-6-2-7-19-37/h1,3-5,8-17,20-35,37H,2,6-7,18-19H2. The smallest absolute Gasteiger partial charge is 0.135 e. The predicted octanol–water partition coefficient (Wildman–Crippen LogP) is 15.3. The molecule has 2 heteroatoms. The number of rotatable bonds is 7. The van der Waals surface area contributed by atoms with E-state index in [0.717, 1.165) is 39.0 Å². The lowest BCUT2D eigenvalue weighted by molar-refractivity contribution is 0.445. The quantitative estimate of drug-likeness (QED) is 0.165. The highest BCUT2D eigenvalue weighted by molar-refractivity contribution is 6.08. The maximum Gasteiger partial charge on any atom is 0.135 e. The minimum Gasteiger partial charge on any atom is -0.456 e. The summed E-state index contributed by atoms with van der Waals surface area (Å²) < 4.78 is 6.35. The molecule has 0 aliphatic heterocycles. The fraction of sp³-hybridized carbons (Fsp3) is 0.115. The third kappa shape index (κ3) is 5.76.